The molecule has 0 radical (unpaired) electrons. The van der Waals surface area contributed by atoms with Crippen molar-refractivity contribution in [3.63, 3.8) is 0 Å². The molecule has 0 aromatic carbocycles. The predicted octanol–water partition coefficient (Wildman–Crippen LogP) is 1.82. The zero-order valence-electron chi connectivity index (χ0n) is 12.5. The van der Waals surface area contributed by atoms with Gasteiger partial charge in [0.15, 0.2) is 0 Å². The van der Waals surface area contributed by atoms with E-state index in [4.69, 9.17) is 0 Å². The lowest BCUT2D eigenvalue weighted by Crippen LogP contribution is -2.21. The topological polar surface area (TPSA) is 54.3 Å². The number of hydrogen-bond donors (Lipinski definition) is 1. The summed E-state index contributed by atoms with van der Waals surface area (Å²) in [7, 11) is -0.253. The number of hydrogen-bond acceptors (Lipinski definition) is 3. The molecule has 5 nitrogen and oxygen atoms in total. The van der Waals surface area contributed by atoms with E-state index in [1.807, 2.05) is 4.57 Å². The van der Waals surface area contributed by atoms with Crippen molar-refractivity contribution in [3.05, 3.63) is 18.0 Å². The Morgan fingerprint density at radius 3 is 2.47 bits per heavy atom. The van der Waals surface area contributed by atoms with Gasteiger partial charge in [-0.1, -0.05) is 6.92 Å². The lowest BCUT2D eigenvalue weighted by molar-refractivity contribution is 0.519. The molecular formula is C13H25N3O2S. The molecule has 19 heavy (non-hydrogen) atoms. The summed E-state index contributed by atoms with van der Waals surface area (Å²) < 4.78 is 27.5. The van der Waals surface area contributed by atoms with Gasteiger partial charge in [0.05, 0.1) is 0 Å². The zero-order valence-corrected chi connectivity index (χ0v) is 13.3. The van der Waals surface area contributed by atoms with Crippen molar-refractivity contribution >= 4 is 10.0 Å². The van der Waals surface area contributed by atoms with Crippen molar-refractivity contribution in [2.45, 2.75) is 44.7 Å². The molecule has 0 aliphatic carbocycles. The summed E-state index contributed by atoms with van der Waals surface area (Å²) >= 11 is 0. The number of nitrogens with zero attached hydrogens (tertiary/aromatic N) is 2. The first kappa shape index (κ1) is 16.2. The van der Waals surface area contributed by atoms with Crippen LogP contribution in [0.15, 0.2) is 17.2 Å². The third kappa shape index (κ3) is 3.81. The van der Waals surface area contributed by atoms with Gasteiger partial charge in [0.1, 0.15) is 4.90 Å². The van der Waals surface area contributed by atoms with Crippen molar-refractivity contribution < 1.29 is 8.42 Å². The fraction of sp³-hybridized carbons (Fsp3) is 0.692. The molecule has 6 heteroatoms. The predicted molar refractivity (Wildman–Crippen MR) is 77.7 cm³/mol. The summed E-state index contributed by atoms with van der Waals surface area (Å²) in [4.78, 5) is 0.361. The third-order valence-corrected chi connectivity index (χ3v) is 4.76. The van der Waals surface area contributed by atoms with Crippen LogP contribution in [0.25, 0.3) is 0 Å². The first-order chi connectivity index (χ1) is 8.80. The molecule has 0 saturated carbocycles. The summed E-state index contributed by atoms with van der Waals surface area (Å²) in [5.74, 6) is 0. The summed E-state index contributed by atoms with van der Waals surface area (Å²) in [6.45, 7) is 7.83. The summed E-state index contributed by atoms with van der Waals surface area (Å²) in [5.41, 5.74) is 1.00. The maximum absolute atomic E-state index is 12.1. The van der Waals surface area contributed by atoms with E-state index in [0.29, 0.717) is 11.4 Å². The average molecular weight is 287 g/mol. The van der Waals surface area contributed by atoms with Crippen LogP contribution < -0.4 is 5.32 Å². The summed E-state index contributed by atoms with van der Waals surface area (Å²) in [6, 6.07) is 2.00. The molecule has 1 aromatic heterocycles. The molecule has 1 rings (SSSR count). The number of sulfonamides is 1. The first-order valence-corrected chi connectivity index (χ1v) is 8.08. The van der Waals surface area contributed by atoms with Crippen LogP contribution in [0.5, 0.6) is 0 Å². The molecule has 0 saturated heterocycles. The Morgan fingerprint density at radius 1 is 1.37 bits per heavy atom. The van der Waals surface area contributed by atoms with E-state index in [2.05, 4.69) is 26.1 Å². The molecule has 0 aliphatic heterocycles. The van der Waals surface area contributed by atoms with E-state index in [0.717, 1.165) is 18.7 Å². The highest BCUT2D eigenvalue weighted by atomic mass is 32.2. The highest BCUT2D eigenvalue weighted by Crippen LogP contribution is 2.20. The molecule has 110 valence electrons. The van der Waals surface area contributed by atoms with Crippen LogP contribution in [0.2, 0.25) is 0 Å². The van der Waals surface area contributed by atoms with Gasteiger partial charge in [0.2, 0.25) is 10.0 Å². The van der Waals surface area contributed by atoms with Crippen LogP contribution in [0.3, 0.4) is 0 Å². The van der Waals surface area contributed by atoms with Crippen LogP contribution in [0.1, 0.15) is 38.9 Å². The van der Waals surface area contributed by atoms with Crippen LogP contribution in [0.4, 0.5) is 0 Å². The Kier molecular flexibility index (Phi) is 5.58. The fourth-order valence-electron chi connectivity index (χ4n) is 1.86. The average Bonchev–Trinajstić information content (AvgIpc) is 2.74. The Hall–Kier alpha value is -0.850. The van der Waals surface area contributed by atoms with Gasteiger partial charge in [-0.2, -0.15) is 0 Å². The van der Waals surface area contributed by atoms with Crippen molar-refractivity contribution in [1.29, 1.82) is 0 Å². The van der Waals surface area contributed by atoms with E-state index >= 15 is 0 Å². The molecule has 1 heterocycles. The maximum Gasteiger partial charge on any atom is 0.244 e. The molecule has 1 aromatic rings. The molecule has 1 N–H and O–H groups in total. The number of nitrogens with one attached hydrogen (secondary N) is 1. The fourth-order valence-corrected chi connectivity index (χ4v) is 2.82. The number of rotatable bonds is 7. The first-order valence-electron chi connectivity index (χ1n) is 6.64. The van der Waals surface area contributed by atoms with E-state index in [1.165, 1.54) is 4.31 Å². The highest BCUT2D eigenvalue weighted by molar-refractivity contribution is 7.89. The SMILES string of the molecule is CCCNCc1cc(S(=O)(=O)N(C)C)cn1C(C)C. The summed E-state index contributed by atoms with van der Waals surface area (Å²) in [6.07, 6.45) is 2.79. The third-order valence-electron chi connectivity index (χ3n) is 2.97. The molecule has 0 fully saturated rings. The molecule has 0 aliphatic rings. The Morgan fingerprint density at radius 2 is 2.00 bits per heavy atom. The van der Waals surface area contributed by atoms with Gasteiger partial charge in [0.25, 0.3) is 0 Å². The van der Waals surface area contributed by atoms with Crippen LogP contribution in [0, 0.1) is 0 Å². The van der Waals surface area contributed by atoms with Crippen LogP contribution >= 0.6 is 0 Å². The molecule has 0 bridgehead atoms. The Labute approximate surface area is 116 Å². The van der Waals surface area contributed by atoms with Crippen molar-refractivity contribution in [3.8, 4) is 0 Å². The van der Waals surface area contributed by atoms with E-state index in [1.54, 1.807) is 26.4 Å². The second kappa shape index (κ2) is 6.54. The van der Waals surface area contributed by atoms with E-state index < -0.39 is 10.0 Å². The van der Waals surface area contributed by atoms with Crippen molar-refractivity contribution in [2.75, 3.05) is 20.6 Å². The quantitative estimate of drug-likeness (QED) is 0.778. The van der Waals surface area contributed by atoms with Gasteiger partial charge in [-0.05, 0) is 32.9 Å². The van der Waals surface area contributed by atoms with Gasteiger partial charge < -0.3 is 9.88 Å². The minimum absolute atomic E-state index is 0.240. The van der Waals surface area contributed by atoms with Gasteiger partial charge >= 0.3 is 0 Å². The number of aromatic nitrogens is 1. The van der Waals surface area contributed by atoms with E-state index in [-0.39, 0.29) is 6.04 Å². The monoisotopic (exact) mass is 287 g/mol. The second-order valence-electron chi connectivity index (χ2n) is 5.13. The smallest absolute Gasteiger partial charge is 0.244 e. The van der Waals surface area contributed by atoms with Gasteiger partial charge in [-0.3, -0.25) is 0 Å². The molecule has 0 atom stereocenters. The highest BCUT2D eigenvalue weighted by Gasteiger charge is 2.21. The maximum atomic E-state index is 12.1. The lowest BCUT2D eigenvalue weighted by Gasteiger charge is -2.13. The molecule has 0 spiro atoms. The lowest BCUT2D eigenvalue weighted by atomic mass is 10.3. The Balaban J connectivity index is 3.08. The standard InChI is InChI=1S/C13H25N3O2S/c1-6-7-14-9-12-8-13(10-16(12)11(2)3)19(17,18)15(4)5/h8,10-11,14H,6-7,9H2,1-5H3. The summed E-state index contributed by atoms with van der Waals surface area (Å²) in [5, 5.41) is 3.31. The van der Waals surface area contributed by atoms with Crippen molar-refractivity contribution in [2.24, 2.45) is 0 Å². The van der Waals surface area contributed by atoms with Crippen molar-refractivity contribution in [1.82, 2.24) is 14.2 Å². The minimum atomic E-state index is -3.36. The largest absolute Gasteiger partial charge is 0.346 e. The van der Waals surface area contributed by atoms with Gasteiger partial charge in [-0.15, -0.1) is 0 Å². The van der Waals surface area contributed by atoms with Gasteiger partial charge in [0, 0.05) is 38.6 Å². The molecule has 0 amide bonds. The van der Waals surface area contributed by atoms with Crippen LogP contribution in [-0.4, -0.2) is 37.9 Å². The second-order valence-corrected chi connectivity index (χ2v) is 7.28. The van der Waals surface area contributed by atoms with E-state index in [9.17, 15) is 8.42 Å². The Bertz CT molecular complexity index is 504. The normalized spacial score (nSPS) is 12.6. The van der Waals surface area contributed by atoms with Crippen LogP contribution in [-0.2, 0) is 16.6 Å². The van der Waals surface area contributed by atoms with Gasteiger partial charge in [-0.25, -0.2) is 12.7 Å². The zero-order chi connectivity index (χ0) is 14.6. The molecule has 0 unspecified atom stereocenters. The molecular weight excluding hydrogens is 262 g/mol. The minimum Gasteiger partial charge on any atom is -0.346 e.